The smallest absolute Gasteiger partial charge is 0.0855 e. The van der Waals surface area contributed by atoms with Gasteiger partial charge in [-0.2, -0.15) is 5.10 Å². The molecule has 0 aliphatic heterocycles. The van der Waals surface area contributed by atoms with Crippen LogP contribution in [0.1, 0.15) is 5.69 Å². The average Bonchev–Trinajstić information content (AvgIpc) is 2.54. The first kappa shape index (κ1) is 10.1. The number of aryl methyl sites for hydroxylation is 1. The van der Waals surface area contributed by atoms with Gasteiger partial charge in [0.25, 0.3) is 0 Å². The highest BCUT2D eigenvalue weighted by molar-refractivity contribution is 5.81. The van der Waals surface area contributed by atoms with Crippen molar-refractivity contribution in [3.63, 3.8) is 0 Å². The van der Waals surface area contributed by atoms with Gasteiger partial charge in [0.2, 0.25) is 0 Å². The second kappa shape index (κ2) is 4.00. The Labute approximate surface area is 89.5 Å². The average molecular weight is 204 g/mol. The predicted molar refractivity (Wildman–Crippen MR) is 61.2 cm³/mol. The molecule has 0 saturated carbocycles. The minimum absolute atomic E-state index is 0.758. The highest BCUT2D eigenvalue weighted by atomic mass is 15.5. The summed E-state index contributed by atoms with van der Waals surface area (Å²) in [5.74, 6) is 0. The van der Waals surface area contributed by atoms with E-state index in [0.29, 0.717) is 0 Å². The van der Waals surface area contributed by atoms with E-state index in [4.69, 9.17) is 0 Å². The lowest BCUT2D eigenvalue weighted by Gasteiger charge is -2.09. The first-order valence-electron chi connectivity index (χ1n) is 5.00. The number of fused-ring (bicyclic) bond motifs is 1. The number of hydrazine groups is 1. The number of nitrogens with one attached hydrogen (secondary N) is 1. The maximum absolute atomic E-state index is 4.49. The lowest BCUT2D eigenvalue weighted by molar-refractivity contribution is 0.284. The van der Waals surface area contributed by atoms with E-state index in [1.807, 2.05) is 43.0 Å². The molecule has 2 aromatic rings. The lowest BCUT2D eigenvalue weighted by atomic mass is 10.2. The van der Waals surface area contributed by atoms with Gasteiger partial charge in [-0.05, 0) is 6.07 Å². The molecule has 80 valence electrons. The largest absolute Gasteiger partial charge is 0.268 e. The summed E-state index contributed by atoms with van der Waals surface area (Å²) < 4.78 is 1.92. The van der Waals surface area contributed by atoms with E-state index in [0.717, 1.165) is 12.2 Å². The Morgan fingerprint density at radius 2 is 2.07 bits per heavy atom. The topological polar surface area (TPSA) is 33.1 Å². The van der Waals surface area contributed by atoms with Crippen LogP contribution in [0.3, 0.4) is 0 Å². The van der Waals surface area contributed by atoms with Gasteiger partial charge in [0.15, 0.2) is 0 Å². The molecular formula is C11H16N4. The first-order chi connectivity index (χ1) is 7.18. The van der Waals surface area contributed by atoms with Crippen molar-refractivity contribution in [2.45, 2.75) is 6.54 Å². The Bertz CT molecular complexity index is 459. The number of hydrogen-bond donors (Lipinski definition) is 1. The molecule has 4 heteroatoms. The van der Waals surface area contributed by atoms with Crippen LogP contribution in [0, 0.1) is 0 Å². The third-order valence-electron chi connectivity index (χ3n) is 2.40. The van der Waals surface area contributed by atoms with Crippen LogP contribution in [0.2, 0.25) is 0 Å². The molecule has 15 heavy (non-hydrogen) atoms. The van der Waals surface area contributed by atoms with Crippen molar-refractivity contribution < 1.29 is 0 Å². The Morgan fingerprint density at radius 1 is 1.33 bits per heavy atom. The standard InChI is InChI=1S/C11H16N4/c1-14(2)12-8-10-9-6-4-5-7-11(9)15(3)13-10/h4-7,12H,8H2,1-3H3. The van der Waals surface area contributed by atoms with Crippen LogP contribution in [0.4, 0.5) is 0 Å². The molecule has 0 spiro atoms. The third kappa shape index (κ3) is 2.00. The van der Waals surface area contributed by atoms with Crippen molar-refractivity contribution in [2.24, 2.45) is 7.05 Å². The number of aromatic nitrogens is 2. The van der Waals surface area contributed by atoms with Gasteiger partial charge in [0.05, 0.1) is 17.8 Å². The minimum atomic E-state index is 0.758. The molecule has 0 bridgehead atoms. The summed E-state index contributed by atoms with van der Waals surface area (Å²) in [4.78, 5) is 0. The zero-order valence-electron chi connectivity index (χ0n) is 9.36. The number of hydrogen-bond acceptors (Lipinski definition) is 3. The Hall–Kier alpha value is -1.39. The Morgan fingerprint density at radius 3 is 2.80 bits per heavy atom. The van der Waals surface area contributed by atoms with Crippen molar-refractivity contribution in [1.82, 2.24) is 20.2 Å². The molecule has 4 nitrogen and oxygen atoms in total. The van der Waals surface area contributed by atoms with Gasteiger partial charge in [0.1, 0.15) is 0 Å². The second-order valence-electron chi connectivity index (χ2n) is 3.82. The van der Waals surface area contributed by atoms with Crippen molar-refractivity contribution in [1.29, 1.82) is 0 Å². The SMILES string of the molecule is CN(C)NCc1nn(C)c2ccccc12. The van der Waals surface area contributed by atoms with Gasteiger partial charge in [-0.25, -0.2) is 5.43 Å². The van der Waals surface area contributed by atoms with Crippen LogP contribution in [0.25, 0.3) is 10.9 Å². The molecule has 0 aliphatic carbocycles. The van der Waals surface area contributed by atoms with Crippen molar-refractivity contribution in [2.75, 3.05) is 14.1 Å². The molecule has 1 aromatic carbocycles. The van der Waals surface area contributed by atoms with Gasteiger partial charge in [-0.1, -0.05) is 18.2 Å². The van der Waals surface area contributed by atoms with Gasteiger partial charge < -0.3 is 0 Å². The van der Waals surface area contributed by atoms with E-state index >= 15 is 0 Å². The summed E-state index contributed by atoms with van der Waals surface area (Å²) in [5, 5.41) is 7.64. The second-order valence-corrected chi connectivity index (χ2v) is 3.82. The molecule has 0 aliphatic rings. The molecule has 2 rings (SSSR count). The molecule has 0 atom stereocenters. The predicted octanol–water partition coefficient (Wildman–Crippen LogP) is 1.14. The lowest BCUT2D eigenvalue weighted by Crippen LogP contribution is -2.29. The number of benzene rings is 1. The normalized spacial score (nSPS) is 11.5. The molecule has 1 heterocycles. The van der Waals surface area contributed by atoms with E-state index in [-0.39, 0.29) is 0 Å². The van der Waals surface area contributed by atoms with Gasteiger partial charge in [-0.15, -0.1) is 0 Å². The zero-order valence-corrected chi connectivity index (χ0v) is 9.36. The van der Waals surface area contributed by atoms with Crippen molar-refractivity contribution >= 4 is 10.9 Å². The molecule has 1 N–H and O–H groups in total. The van der Waals surface area contributed by atoms with Crippen LogP contribution in [-0.4, -0.2) is 28.9 Å². The summed E-state index contributed by atoms with van der Waals surface area (Å²) >= 11 is 0. The van der Waals surface area contributed by atoms with Crippen molar-refractivity contribution in [3.05, 3.63) is 30.0 Å². The zero-order chi connectivity index (χ0) is 10.8. The fraction of sp³-hybridized carbons (Fsp3) is 0.364. The van der Waals surface area contributed by atoms with Crippen LogP contribution < -0.4 is 5.43 Å². The Kier molecular flexibility index (Phi) is 2.70. The molecular weight excluding hydrogens is 188 g/mol. The summed E-state index contributed by atoms with van der Waals surface area (Å²) in [6.07, 6.45) is 0. The van der Waals surface area contributed by atoms with Gasteiger partial charge >= 0.3 is 0 Å². The molecule has 0 unspecified atom stereocenters. The van der Waals surface area contributed by atoms with Crippen LogP contribution in [0.5, 0.6) is 0 Å². The fourth-order valence-electron chi connectivity index (χ4n) is 1.65. The number of rotatable bonds is 3. The van der Waals surface area contributed by atoms with E-state index in [1.54, 1.807) is 0 Å². The number of nitrogens with zero attached hydrogens (tertiary/aromatic N) is 3. The molecule has 0 fully saturated rings. The van der Waals surface area contributed by atoms with Crippen LogP contribution in [0.15, 0.2) is 24.3 Å². The maximum atomic E-state index is 4.49. The highest BCUT2D eigenvalue weighted by Crippen LogP contribution is 2.16. The van der Waals surface area contributed by atoms with Crippen LogP contribution >= 0.6 is 0 Å². The van der Waals surface area contributed by atoms with Crippen molar-refractivity contribution in [3.8, 4) is 0 Å². The first-order valence-corrected chi connectivity index (χ1v) is 5.00. The van der Waals surface area contributed by atoms with Gasteiger partial charge in [-0.3, -0.25) is 9.69 Å². The van der Waals surface area contributed by atoms with E-state index in [9.17, 15) is 0 Å². The summed E-state index contributed by atoms with van der Waals surface area (Å²) in [6.45, 7) is 0.758. The van der Waals surface area contributed by atoms with E-state index < -0.39 is 0 Å². The van der Waals surface area contributed by atoms with Crippen LogP contribution in [-0.2, 0) is 13.6 Å². The third-order valence-corrected chi connectivity index (χ3v) is 2.40. The molecule has 0 saturated heterocycles. The molecule has 0 amide bonds. The maximum Gasteiger partial charge on any atom is 0.0855 e. The monoisotopic (exact) mass is 204 g/mol. The van der Waals surface area contributed by atoms with E-state index in [1.165, 1.54) is 10.9 Å². The quantitative estimate of drug-likeness (QED) is 0.761. The Balaban J connectivity index is 2.35. The molecule has 1 aromatic heterocycles. The highest BCUT2D eigenvalue weighted by Gasteiger charge is 2.06. The van der Waals surface area contributed by atoms with Gasteiger partial charge in [0, 0.05) is 26.5 Å². The minimum Gasteiger partial charge on any atom is -0.268 e. The summed E-state index contributed by atoms with van der Waals surface area (Å²) in [5.41, 5.74) is 5.48. The fourth-order valence-corrected chi connectivity index (χ4v) is 1.65. The molecule has 0 radical (unpaired) electrons. The van der Waals surface area contributed by atoms with E-state index in [2.05, 4.69) is 22.7 Å². The number of para-hydroxylation sites is 1. The summed E-state index contributed by atoms with van der Waals surface area (Å²) in [6, 6.07) is 8.27. The summed E-state index contributed by atoms with van der Waals surface area (Å²) in [7, 11) is 5.93.